The molecule has 0 saturated heterocycles. The van der Waals surface area contributed by atoms with E-state index in [0.29, 0.717) is 24.4 Å². The van der Waals surface area contributed by atoms with E-state index >= 15 is 0 Å². The average Bonchev–Trinajstić information content (AvgIpc) is 3.27. The van der Waals surface area contributed by atoms with Crippen LogP contribution >= 0.6 is 0 Å². The van der Waals surface area contributed by atoms with Gasteiger partial charge < -0.3 is 19.7 Å². The van der Waals surface area contributed by atoms with Crippen LogP contribution in [0.15, 0.2) is 24.5 Å². The first kappa shape index (κ1) is 17.6. The van der Waals surface area contributed by atoms with E-state index in [1.165, 1.54) is 22.4 Å². The topological polar surface area (TPSA) is 95.5 Å². The van der Waals surface area contributed by atoms with Gasteiger partial charge in [-0.05, 0) is 56.4 Å². The third kappa shape index (κ3) is 3.07. The smallest absolute Gasteiger partial charge is 0.332 e. The molecule has 1 aromatic heterocycles. The largest absolute Gasteiger partial charge is 0.479 e. The number of imidazole rings is 1. The molecular weight excluding hydrogens is 346 g/mol. The second-order valence-electron chi connectivity index (χ2n) is 7.65. The number of hydrogen-bond donors (Lipinski definition) is 2. The zero-order valence-corrected chi connectivity index (χ0v) is 15.5. The first-order valence-electron chi connectivity index (χ1n) is 9.23. The van der Waals surface area contributed by atoms with Crippen molar-refractivity contribution in [2.45, 2.75) is 51.2 Å². The number of carboxylic acids is 1. The van der Waals surface area contributed by atoms with Crippen LogP contribution in [0.3, 0.4) is 0 Å². The van der Waals surface area contributed by atoms with Gasteiger partial charge in [0, 0.05) is 18.7 Å². The minimum absolute atomic E-state index is 0.308. The maximum atomic E-state index is 13.2. The Balaban J connectivity index is 1.58. The normalized spacial score (nSPS) is 18.7. The molecule has 2 heterocycles. The van der Waals surface area contributed by atoms with E-state index in [0.717, 1.165) is 25.0 Å². The number of carbonyl (C=O) groups excluding carboxylic acids is 1. The Bertz CT molecular complexity index is 902. The van der Waals surface area contributed by atoms with Gasteiger partial charge in [-0.15, -0.1) is 0 Å². The lowest BCUT2D eigenvalue weighted by atomic mass is 9.98. The molecule has 0 saturated carbocycles. The molecule has 1 aliphatic heterocycles. The van der Waals surface area contributed by atoms with Crippen molar-refractivity contribution in [3.63, 3.8) is 0 Å². The number of amides is 1. The van der Waals surface area contributed by atoms with Crippen LogP contribution in [0, 0.1) is 0 Å². The number of aromatic amines is 1. The second kappa shape index (κ2) is 6.40. The number of hydrogen-bond acceptors (Lipinski definition) is 4. The number of carboxylic acid groups (broad SMARTS) is 1. The van der Waals surface area contributed by atoms with Gasteiger partial charge in [-0.1, -0.05) is 6.07 Å². The molecule has 142 valence electrons. The number of nitrogens with zero attached hydrogens (tertiary/aromatic N) is 2. The Morgan fingerprint density at radius 2 is 2.04 bits per heavy atom. The van der Waals surface area contributed by atoms with Crippen LogP contribution < -0.4 is 4.74 Å². The molecule has 2 N–H and O–H groups in total. The first-order chi connectivity index (χ1) is 12.9. The summed E-state index contributed by atoms with van der Waals surface area (Å²) in [7, 11) is 0. The van der Waals surface area contributed by atoms with Gasteiger partial charge in [0.2, 0.25) is 0 Å². The molecule has 7 heteroatoms. The summed E-state index contributed by atoms with van der Waals surface area (Å²) in [6.07, 6.45) is 5.26. The van der Waals surface area contributed by atoms with Crippen molar-refractivity contribution >= 4 is 11.9 Å². The number of nitrogens with one attached hydrogen (secondary N) is 1. The van der Waals surface area contributed by atoms with Crippen molar-refractivity contribution in [1.29, 1.82) is 0 Å². The lowest BCUT2D eigenvalue weighted by molar-refractivity contribution is -0.158. The molecule has 1 aliphatic carbocycles. The number of H-pyrrole nitrogens is 1. The summed E-state index contributed by atoms with van der Waals surface area (Å²) in [4.78, 5) is 33.5. The lowest BCUT2D eigenvalue weighted by Crippen LogP contribution is -2.53. The molecule has 0 bridgehead atoms. The van der Waals surface area contributed by atoms with Gasteiger partial charge in [0.15, 0.2) is 11.6 Å². The summed E-state index contributed by atoms with van der Waals surface area (Å²) in [5, 5.41) is 9.70. The molecule has 2 aliphatic rings. The summed E-state index contributed by atoms with van der Waals surface area (Å²) >= 11 is 0. The number of aromatic nitrogens is 2. The summed E-state index contributed by atoms with van der Waals surface area (Å²) in [5.41, 5.74) is 2.57. The summed E-state index contributed by atoms with van der Waals surface area (Å²) < 4.78 is 6.03. The van der Waals surface area contributed by atoms with Gasteiger partial charge >= 0.3 is 5.97 Å². The Labute approximate surface area is 157 Å². The Hall–Kier alpha value is -2.83. The molecular formula is C20H23N3O4. The van der Waals surface area contributed by atoms with E-state index in [1.807, 2.05) is 12.1 Å². The maximum Gasteiger partial charge on any atom is 0.332 e. The standard InChI is InChI=1S/C20H23N3O4/c1-20(2,27-14-7-6-12-4-3-5-13(12)10-14)19(26)23-9-8-15-16(22-11-21-15)17(23)18(24)25/h6-7,10-11,17H,3-5,8-9H2,1-2H3,(H,21,22)(H,24,25)/t17-/m0/s1. The maximum absolute atomic E-state index is 13.2. The van der Waals surface area contributed by atoms with Crippen molar-refractivity contribution in [2.24, 2.45) is 0 Å². The summed E-state index contributed by atoms with van der Waals surface area (Å²) in [6.45, 7) is 3.67. The quantitative estimate of drug-likeness (QED) is 0.862. The highest BCUT2D eigenvalue weighted by molar-refractivity contribution is 5.90. The van der Waals surface area contributed by atoms with Crippen molar-refractivity contribution in [3.05, 3.63) is 47.0 Å². The Morgan fingerprint density at radius 1 is 1.26 bits per heavy atom. The van der Waals surface area contributed by atoms with Crippen LogP contribution in [-0.2, 0) is 28.9 Å². The van der Waals surface area contributed by atoms with Crippen molar-refractivity contribution in [2.75, 3.05) is 6.54 Å². The molecule has 0 spiro atoms. The molecule has 0 unspecified atom stereocenters. The number of ether oxygens (including phenoxy) is 1. The lowest BCUT2D eigenvalue weighted by Gasteiger charge is -2.37. The van der Waals surface area contributed by atoms with Crippen LogP contribution in [0.25, 0.3) is 0 Å². The molecule has 1 atom stereocenters. The fourth-order valence-corrected chi connectivity index (χ4v) is 4.04. The predicted octanol–water partition coefficient (Wildman–Crippen LogP) is 2.27. The van der Waals surface area contributed by atoms with Crippen molar-refractivity contribution in [1.82, 2.24) is 14.9 Å². The van der Waals surface area contributed by atoms with Gasteiger partial charge in [-0.25, -0.2) is 9.78 Å². The van der Waals surface area contributed by atoms with E-state index < -0.39 is 17.6 Å². The highest BCUT2D eigenvalue weighted by Gasteiger charge is 2.44. The number of aliphatic carboxylic acids is 1. The highest BCUT2D eigenvalue weighted by atomic mass is 16.5. The molecule has 2 aromatic rings. The molecule has 0 fully saturated rings. The number of rotatable bonds is 4. The van der Waals surface area contributed by atoms with Crippen molar-refractivity contribution < 1.29 is 19.4 Å². The van der Waals surface area contributed by atoms with E-state index in [4.69, 9.17) is 4.74 Å². The van der Waals surface area contributed by atoms with E-state index in [9.17, 15) is 14.7 Å². The number of carbonyl (C=O) groups is 2. The Kier molecular flexibility index (Phi) is 4.17. The fourth-order valence-electron chi connectivity index (χ4n) is 4.04. The van der Waals surface area contributed by atoms with E-state index in [2.05, 4.69) is 16.0 Å². The third-order valence-corrected chi connectivity index (χ3v) is 5.38. The number of aryl methyl sites for hydroxylation is 2. The van der Waals surface area contributed by atoms with Gasteiger partial charge in [0.25, 0.3) is 5.91 Å². The highest BCUT2D eigenvalue weighted by Crippen LogP contribution is 2.32. The average molecular weight is 369 g/mol. The number of benzene rings is 1. The second-order valence-corrected chi connectivity index (χ2v) is 7.65. The molecule has 4 rings (SSSR count). The van der Waals surface area contributed by atoms with Gasteiger partial charge in [0.1, 0.15) is 5.75 Å². The van der Waals surface area contributed by atoms with Gasteiger partial charge in [-0.3, -0.25) is 4.79 Å². The SMILES string of the molecule is CC(C)(Oc1ccc2c(c1)CCC2)C(=O)N1CCc2[nH]cnc2[C@H]1C(=O)O. The fraction of sp³-hybridized carbons (Fsp3) is 0.450. The van der Waals surface area contributed by atoms with Gasteiger partial charge in [-0.2, -0.15) is 0 Å². The third-order valence-electron chi connectivity index (χ3n) is 5.38. The van der Waals surface area contributed by atoms with Crippen LogP contribution in [0.5, 0.6) is 5.75 Å². The van der Waals surface area contributed by atoms with Crippen LogP contribution in [0.4, 0.5) is 0 Å². The number of fused-ring (bicyclic) bond motifs is 2. The van der Waals surface area contributed by atoms with E-state index in [-0.39, 0.29) is 5.91 Å². The molecule has 1 aromatic carbocycles. The summed E-state index contributed by atoms with van der Waals surface area (Å²) in [6, 6.07) is 4.83. The van der Waals surface area contributed by atoms with Crippen LogP contribution in [0.1, 0.15) is 48.8 Å². The van der Waals surface area contributed by atoms with Crippen molar-refractivity contribution in [3.8, 4) is 5.75 Å². The minimum Gasteiger partial charge on any atom is -0.479 e. The van der Waals surface area contributed by atoms with E-state index in [1.54, 1.807) is 13.8 Å². The van der Waals surface area contributed by atoms with Crippen LogP contribution in [-0.4, -0.2) is 44.0 Å². The van der Waals surface area contributed by atoms with Crippen LogP contribution in [0.2, 0.25) is 0 Å². The summed E-state index contributed by atoms with van der Waals surface area (Å²) in [5.74, 6) is -0.813. The molecule has 1 amide bonds. The first-order valence-corrected chi connectivity index (χ1v) is 9.23. The molecule has 27 heavy (non-hydrogen) atoms. The predicted molar refractivity (Wildman–Crippen MR) is 97.6 cm³/mol. The zero-order valence-electron chi connectivity index (χ0n) is 15.5. The molecule has 7 nitrogen and oxygen atoms in total. The monoisotopic (exact) mass is 369 g/mol. The van der Waals surface area contributed by atoms with Gasteiger partial charge in [0.05, 0.1) is 12.0 Å². The minimum atomic E-state index is -1.19. The Morgan fingerprint density at radius 3 is 2.81 bits per heavy atom. The molecule has 0 radical (unpaired) electrons. The zero-order chi connectivity index (χ0) is 19.2.